The number of nitrogens with one attached hydrogen (secondary N) is 1. The maximum Gasteiger partial charge on any atom is 0.265 e. The van der Waals surface area contributed by atoms with Crippen LogP contribution in [0.25, 0.3) is 0 Å². The van der Waals surface area contributed by atoms with Crippen LogP contribution < -0.4 is 16.0 Å². The molecule has 2 heterocycles. The lowest BCUT2D eigenvalue weighted by Gasteiger charge is -2.18. The van der Waals surface area contributed by atoms with Crippen LogP contribution in [0.1, 0.15) is 48.2 Å². The Hall–Kier alpha value is -1.74. The summed E-state index contributed by atoms with van der Waals surface area (Å²) in [5, 5.41) is 3.70. The molecule has 2 rings (SSSR count). The van der Waals surface area contributed by atoms with Crippen molar-refractivity contribution in [1.82, 2.24) is 10.3 Å². The van der Waals surface area contributed by atoms with Crippen molar-refractivity contribution in [3.63, 3.8) is 0 Å². The topological polar surface area (TPSA) is 71.2 Å². The Morgan fingerprint density at radius 3 is 2.76 bits per heavy atom. The highest BCUT2D eigenvalue weighted by molar-refractivity contribution is 7.18. The summed E-state index contributed by atoms with van der Waals surface area (Å²) in [6.45, 7) is 2.56. The fourth-order valence-corrected chi connectivity index (χ4v) is 3.31. The zero-order valence-electron chi connectivity index (χ0n) is 12.2. The Morgan fingerprint density at radius 2 is 2.10 bits per heavy atom. The maximum atomic E-state index is 12.1. The first-order chi connectivity index (χ1) is 10.2. The monoisotopic (exact) mass is 306 g/mol. The van der Waals surface area contributed by atoms with Crippen LogP contribution in [0.15, 0.2) is 0 Å². The number of carbonyl (C=O) groups is 1. The van der Waals surface area contributed by atoms with E-state index < -0.39 is 0 Å². The van der Waals surface area contributed by atoms with Crippen molar-refractivity contribution in [2.75, 3.05) is 30.3 Å². The molecule has 0 aliphatic carbocycles. The van der Waals surface area contributed by atoms with Crippen molar-refractivity contribution < 1.29 is 4.79 Å². The van der Waals surface area contributed by atoms with E-state index in [1.807, 2.05) is 0 Å². The largest absolute Gasteiger partial charge is 0.382 e. The number of nitrogen functional groups attached to an aromatic ring is 1. The Balaban J connectivity index is 1.97. The molecule has 21 heavy (non-hydrogen) atoms. The molecule has 1 aliphatic rings. The zero-order valence-corrected chi connectivity index (χ0v) is 13.0. The average molecular weight is 306 g/mol. The molecular formula is C15H22N4OS. The molecule has 0 bridgehead atoms. The van der Waals surface area contributed by atoms with Gasteiger partial charge in [-0.25, -0.2) is 4.98 Å². The molecule has 0 radical (unpaired) electrons. The number of aromatic nitrogens is 1. The minimum absolute atomic E-state index is 0.150. The second kappa shape index (κ2) is 7.89. The highest BCUT2D eigenvalue weighted by Crippen LogP contribution is 2.29. The van der Waals surface area contributed by atoms with Crippen LogP contribution in [-0.2, 0) is 0 Å². The minimum Gasteiger partial charge on any atom is -0.382 e. The van der Waals surface area contributed by atoms with Crippen LogP contribution in [0.4, 0.5) is 10.9 Å². The van der Waals surface area contributed by atoms with E-state index in [0.717, 1.165) is 24.6 Å². The summed E-state index contributed by atoms with van der Waals surface area (Å²) in [6, 6.07) is 0. The number of hydrogen-bond acceptors (Lipinski definition) is 5. The second-order valence-corrected chi connectivity index (χ2v) is 6.15. The SMILES string of the molecule is C#CCCCNC(=O)c1sc(N2CCCCCC2)nc1N. The molecule has 0 spiro atoms. The van der Waals surface area contributed by atoms with Gasteiger partial charge in [-0.3, -0.25) is 4.79 Å². The van der Waals surface area contributed by atoms with Gasteiger partial charge in [0.15, 0.2) is 5.13 Å². The maximum absolute atomic E-state index is 12.1. The second-order valence-electron chi connectivity index (χ2n) is 5.18. The van der Waals surface area contributed by atoms with Crippen LogP contribution in [0.3, 0.4) is 0 Å². The molecule has 5 nitrogen and oxygen atoms in total. The molecule has 6 heteroatoms. The predicted molar refractivity (Wildman–Crippen MR) is 87.6 cm³/mol. The zero-order chi connectivity index (χ0) is 15.1. The normalized spacial score (nSPS) is 15.3. The molecular weight excluding hydrogens is 284 g/mol. The van der Waals surface area contributed by atoms with E-state index in [-0.39, 0.29) is 5.91 Å². The first kappa shape index (κ1) is 15.6. The van der Waals surface area contributed by atoms with Crippen molar-refractivity contribution in [2.45, 2.75) is 38.5 Å². The van der Waals surface area contributed by atoms with Gasteiger partial charge >= 0.3 is 0 Å². The first-order valence-corrected chi connectivity index (χ1v) is 8.27. The molecule has 0 unspecified atom stereocenters. The van der Waals surface area contributed by atoms with Gasteiger partial charge in [0.1, 0.15) is 10.7 Å². The molecule has 0 aromatic carbocycles. The number of hydrogen-bond donors (Lipinski definition) is 2. The van der Waals surface area contributed by atoms with Crippen molar-refractivity contribution in [2.24, 2.45) is 0 Å². The lowest BCUT2D eigenvalue weighted by atomic mass is 10.2. The number of thiazole rings is 1. The summed E-state index contributed by atoms with van der Waals surface area (Å²) >= 11 is 1.38. The number of nitrogens with two attached hydrogens (primary N) is 1. The smallest absolute Gasteiger partial charge is 0.265 e. The third-order valence-corrected chi connectivity index (χ3v) is 4.64. The fraction of sp³-hybridized carbons (Fsp3) is 0.600. The van der Waals surface area contributed by atoms with E-state index in [9.17, 15) is 4.79 Å². The highest BCUT2D eigenvalue weighted by Gasteiger charge is 2.20. The van der Waals surface area contributed by atoms with Gasteiger partial charge in [0.05, 0.1) is 0 Å². The number of anilines is 2. The molecule has 1 aromatic heterocycles. The van der Waals surface area contributed by atoms with E-state index in [1.165, 1.54) is 37.0 Å². The Morgan fingerprint density at radius 1 is 1.38 bits per heavy atom. The fourth-order valence-electron chi connectivity index (χ4n) is 2.35. The molecule has 0 saturated carbocycles. The average Bonchev–Trinajstić information content (AvgIpc) is 2.70. The van der Waals surface area contributed by atoms with Gasteiger partial charge in [0.25, 0.3) is 5.91 Å². The third-order valence-electron chi connectivity index (χ3n) is 3.51. The van der Waals surface area contributed by atoms with Gasteiger partial charge in [0.2, 0.25) is 0 Å². The minimum atomic E-state index is -0.150. The Labute approximate surface area is 129 Å². The van der Waals surface area contributed by atoms with Crippen molar-refractivity contribution >= 4 is 28.2 Å². The summed E-state index contributed by atoms with van der Waals surface area (Å²) in [5.74, 6) is 2.73. The molecule has 114 valence electrons. The molecule has 1 saturated heterocycles. The number of amides is 1. The van der Waals surface area contributed by atoms with Crippen molar-refractivity contribution in [3.05, 3.63) is 4.88 Å². The number of carbonyl (C=O) groups excluding carboxylic acids is 1. The predicted octanol–water partition coefficient (Wildman–Crippen LogP) is 2.25. The summed E-state index contributed by atoms with van der Waals surface area (Å²) < 4.78 is 0. The van der Waals surface area contributed by atoms with Crippen LogP contribution >= 0.6 is 11.3 Å². The number of rotatable bonds is 5. The van der Waals surface area contributed by atoms with Crippen LogP contribution in [-0.4, -0.2) is 30.5 Å². The first-order valence-electron chi connectivity index (χ1n) is 7.45. The number of unbranched alkanes of at least 4 members (excludes halogenated alkanes) is 1. The molecule has 3 N–H and O–H groups in total. The van der Waals surface area contributed by atoms with Gasteiger partial charge in [-0.15, -0.1) is 12.3 Å². The Bertz CT molecular complexity index is 512. The lowest BCUT2D eigenvalue weighted by molar-refractivity contribution is 0.0958. The van der Waals surface area contributed by atoms with Gasteiger partial charge in [-0.1, -0.05) is 24.2 Å². The van der Waals surface area contributed by atoms with Crippen molar-refractivity contribution in [3.8, 4) is 12.3 Å². The van der Waals surface area contributed by atoms with Crippen LogP contribution in [0, 0.1) is 12.3 Å². The van der Waals surface area contributed by atoms with Crippen molar-refractivity contribution in [1.29, 1.82) is 0 Å². The molecule has 1 fully saturated rings. The lowest BCUT2D eigenvalue weighted by Crippen LogP contribution is -2.24. The molecule has 0 atom stereocenters. The highest BCUT2D eigenvalue weighted by atomic mass is 32.1. The van der Waals surface area contributed by atoms with Gasteiger partial charge in [0, 0.05) is 26.1 Å². The Kier molecular flexibility index (Phi) is 5.88. The number of terminal acetylenes is 1. The van der Waals surface area contributed by atoms with Crippen LogP contribution in [0.5, 0.6) is 0 Å². The molecule has 1 aliphatic heterocycles. The third kappa shape index (κ3) is 4.36. The van der Waals surface area contributed by atoms with Gasteiger partial charge in [-0.2, -0.15) is 0 Å². The van der Waals surface area contributed by atoms with Crippen LogP contribution in [0.2, 0.25) is 0 Å². The van der Waals surface area contributed by atoms with E-state index in [4.69, 9.17) is 12.2 Å². The molecule has 1 amide bonds. The van der Waals surface area contributed by atoms with E-state index >= 15 is 0 Å². The van der Waals surface area contributed by atoms with E-state index in [0.29, 0.717) is 23.7 Å². The number of nitrogens with zero attached hydrogens (tertiary/aromatic N) is 2. The standard InChI is InChI=1S/C15H22N4OS/c1-2-3-6-9-17-14(20)12-13(16)18-15(21-12)19-10-7-4-5-8-11-19/h1H,3-11,16H2,(H,17,20). The molecule has 1 aromatic rings. The summed E-state index contributed by atoms with van der Waals surface area (Å²) in [7, 11) is 0. The summed E-state index contributed by atoms with van der Waals surface area (Å²) in [4.78, 5) is 19.2. The van der Waals surface area contributed by atoms with E-state index in [2.05, 4.69) is 21.1 Å². The van der Waals surface area contributed by atoms with E-state index in [1.54, 1.807) is 0 Å². The summed E-state index contributed by atoms with van der Waals surface area (Å²) in [5.41, 5.74) is 5.90. The quantitative estimate of drug-likeness (QED) is 0.646. The van der Waals surface area contributed by atoms with Gasteiger partial charge < -0.3 is 16.0 Å². The van der Waals surface area contributed by atoms with Gasteiger partial charge in [-0.05, 0) is 19.3 Å². The summed E-state index contributed by atoms with van der Waals surface area (Å²) in [6.07, 6.45) is 11.5.